The van der Waals surface area contributed by atoms with E-state index in [1.54, 1.807) is 12.5 Å². The predicted molar refractivity (Wildman–Crippen MR) is 59.4 cm³/mol. The van der Waals surface area contributed by atoms with Crippen LogP contribution < -0.4 is 11.1 Å². The molecule has 0 spiro atoms. The first-order valence-corrected chi connectivity index (χ1v) is 5.32. The maximum atomic E-state index is 10.6. The van der Waals surface area contributed by atoms with Crippen molar-refractivity contribution in [1.82, 2.24) is 14.9 Å². The van der Waals surface area contributed by atoms with Gasteiger partial charge in [-0.25, -0.2) is 4.98 Å². The molecular weight excluding hydrogens is 208 g/mol. The molecule has 16 heavy (non-hydrogen) atoms. The van der Waals surface area contributed by atoms with Crippen LogP contribution in [0.4, 0.5) is 0 Å². The summed E-state index contributed by atoms with van der Waals surface area (Å²) in [6.07, 6.45) is 3.43. The number of aryl methyl sites for hydroxylation is 1. The SMILES string of the molecule is CCCn1cncc1CNCC(O)C(N)=O. The van der Waals surface area contributed by atoms with Crippen LogP contribution >= 0.6 is 0 Å². The standard InChI is InChI=1S/C10H18N4O2/c1-2-3-14-7-13-5-8(14)4-12-6-9(15)10(11)16/h5,7,9,12,15H,2-4,6H2,1H3,(H2,11,16). The molecule has 0 fully saturated rings. The Morgan fingerprint density at radius 3 is 3.12 bits per heavy atom. The number of aliphatic hydroxyl groups excluding tert-OH is 1. The van der Waals surface area contributed by atoms with Crippen molar-refractivity contribution in [3.63, 3.8) is 0 Å². The zero-order chi connectivity index (χ0) is 12.0. The van der Waals surface area contributed by atoms with Crippen LogP contribution in [0.3, 0.4) is 0 Å². The van der Waals surface area contributed by atoms with E-state index in [0.717, 1.165) is 18.7 Å². The molecule has 0 aliphatic carbocycles. The molecule has 90 valence electrons. The summed E-state index contributed by atoms with van der Waals surface area (Å²) < 4.78 is 2.03. The number of rotatable bonds is 7. The van der Waals surface area contributed by atoms with E-state index in [2.05, 4.69) is 17.2 Å². The topological polar surface area (TPSA) is 93.2 Å². The number of primary amides is 1. The maximum Gasteiger partial charge on any atom is 0.247 e. The lowest BCUT2D eigenvalue weighted by Gasteiger charge is -2.10. The van der Waals surface area contributed by atoms with Crippen molar-refractivity contribution in [2.75, 3.05) is 6.54 Å². The third-order valence-electron chi connectivity index (χ3n) is 2.24. The highest BCUT2D eigenvalue weighted by atomic mass is 16.3. The van der Waals surface area contributed by atoms with Crippen LogP contribution in [0.1, 0.15) is 19.0 Å². The van der Waals surface area contributed by atoms with Gasteiger partial charge in [-0.15, -0.1) is 0 Å². The smallest absolute Gasteiger partial charge is 0.247 e. The quantitative estimate of drug-likeness (QED) is 0.569. The monoisotopic (exact) mass is 226 g/mol. The highest BCUT2D eigenvalue weighted by molar-refractivity contribution is 5.78. The van der Waals surface area contributed by atoms with Crippen molar-refractivity contribution < 1.29 is 9.90 Å². The second-order valence-electron chi connectivity index (χ2n) is 3.63. The summed E-state index contributed by atoms with van der Waals surface area (Å²) >= 11 is 0. The number of aromatic nitrogens is 2. The molecule has 0 aliphatic heterocycles. The Labute approximate surface area is 94.5 Å². The number of aliphatic hydroxyl groups is 1. The second-order valence-corrected chi connectivity index (χ2v) is 3.63. The van der Waals surface area contributed by atoms with Gasteiger partial charge in [0, 0.05) is 25.8 Å². The molecule has 1 atom stereocenters. The molecule has 6 heteroatoms. The zero-order valence-corrected chi connectivity index (χ0v) is 9.39. The van der Waals surface area contributed by atoms with Gasteiger partial charge in [0.2, 0.25) is 5.91 Å². The molecule has 0 radical (unpaired) electrons. The van der Waals surface area contributed by atoms with Gasteiger partial charge >= 0.3 is 0 Å². The molecule has 6 nitrogen and oxygen atoms in total. The Bertz CT molecular complexity index is 337. The van der Waals surface area contributed by atoms with E-state index in [1.165, 1.54) is 0 Å². The summed E-state index contributed by atoms with van der Waals surface area (Å²) in [7, 11) is 0. The molecule has 1 unspecified atom stereocenters. The first-order chi connectivity index (χ1) is 7.65. The van der Waals surface area contributed by atoms with Crippen molar-refractivity contribution in [3.8, 4) is 0 Å². The van der Waals surface area contributed by atoms with Crippen molar-refractivity contribution in [1.29, 1.82) is 0 Å². The molecule has 1 aromatic heterocycles. The predicted octanol–water partition coefficient (Wildman–Crippen LogP) is -0.771. The minimum Gasteiger partial charge on any atom is -0.382 e. The molecule has 1 amide bonds. The summed E-state index contributed by atoms with van der Waals surface area (Å²) in [5.41, 5.74) is 5.95. The normalized spacial score (nSPS) is 12.6. The van der Waals surface area contributed by atoms with Crippen molar-refractivity contribution >= 4 is 5.91 Å². The molecule has 4 N–H and O–H groups in total. The molecule has 1 rings (SSSR count). The number of amides is 1. The van der Waals surface area contributed by atoms with Gasteiger partial charge in [0.05, 0.1) is 12.0 Å². The number of nitrogens with two attached hydrogens (primary N) is 1. The van der Waals surface area contributed by atoms with Gasteiger partial charge in [0.1, 0.15) is 6.10 Å². The van der Waals surface area contributed by atoms with E-state index in [9.17, 15) is 4.79 Å². The Balaban J connectivity index is 2.36. The van der Waals surface area contributed by atoms with Crippen LogP contribution in [-0.4, -0.2) is 33.2 Å². The summed E-state index contributed by atoms with van der Waals surface area (Å²) in [5.74, 6) is -0.713. The van der Waals surface area contributed by atoms with E-state index >= 15 is 0 Å². The number of nitrogens with one attached hydrogen (secondary N) is 1. The molecular formula is C10H18N4O2. The molecule has 0 bridgehead atoms. The van der Waals surface area contributed by atoms with E-state index in [4.69, 9.17) is 10.8 Å². The van der Waals surface area contributed by atoms with Gasteiger partial charge in [-0.1, -0.05) is 6.92 Å². The third-order valence-corrected chi connectivity index (χ3v) is 2.24. The van der Waals surface area contributed by atoms with Crippen LogP contribution in [-0.2, 0) is 17.9 Å². The third kappa shape index (κ3) is 3.63. The van der Waals surface area contributed by atoms with Gasteiger partial charge in [-0.2, -0.15) is 0 Å². The lowest BCUT2D eigenvalue weighted by Crippen LogP contribution is -2.37. The Kier molecular flexibility index (Phi) is 4.94. The summed E-state index contributed by atoms with van der Waals surface area (Å²) in [4.78, 5) is 14.6. The highest BCUT2D eigenvalue weighted by Crippen LogP contribution is 2.00. The molecule has 0 aliphatic rings. The van der Waals surface area contributed by atoms with Crippen LogP contribution in [0, 0.1) is 0 Å². The van der Waals surface area contributed by atoms with Gasteiger partial charge in [-0.05, 0) is 6.42 Å². The number of hydrogen-bond donors (Lipinski definition) is 3. The van der Waals surface area contributed by atoms with E-state index in [1.807, 2.05) is 4.57 Å². The van der Waals surface area contributed by atoms with Crippen molar-refractivity contribution in [2.45, 2.75) is 32.5 Å². The fourth-order valence-corrected chi connectivity index (χ4v) is 1.38. The van der Waals surface area contributed by atoms with Crippen LogP contribution in [0.25, 0.3) is 0 Å². The van der Waals surface area contributed by atoms with E-state index < -0.39 is 12.0 Å². The van der Waals surface area contributed by atoms with E-state index in [-0.39, 0.29) is 6.54 Å². The Morgan fingerprint density at radius 1 is 1.75 bits per heavy atom. The molecule has 0 saturated carbocycles. The number of carbonyl (C=O) groups is 1. The average molecular weight is 226 g/mol. The molecule has 0 saturated heterocycles. The fourth-order valence-electron chi connectivity index (χ4n) is 1.38. The lowest BCUT2D eigenvalue weighted by atomic mass is 10.3. The maximum absolute atomic E-state index is 10.6. The number of carbonyl (C=O) groups excluding carboxylic acids is 1. The summed E-state index contributed by atoms with van der Waals surface area (Å²) in [5, 5.41) is 12.1. The lowest BCUT2D eigenvalue weighted by molar-refractivity contribution is -0.125. The van der Waals surface area contributed by atoms with Gasteiger partial charge in [-0.3, -0.25) is 4.79 Å². The number of hydrogen-bond acceptors (Lipinski definition) is 4. The number of nitrogens with zero attached hydrogens (tertiary/aromatic N) is 2. The highest BCUT2D eigenvalue weighted by Gasteiger charge is 2.10. The Hall–Kier alpha value is -1.40. The second kappa shape index (κ2) is 6.24. The zero-order valence-electron chi connectivity index (χ0n) is 9.39. The molecule has 1 aromatic rings. The molecule has 0 aromatic carbocycles. The van der Waals surface area contributed by atoms with Crippen LogP contribution in [0.2, 0.25) is 0 Å². The first kappa shape index (κ1) is 12.7. The average Bonchev–Trinajstić information content (AvgIpc) is 2.66. The first-order valence-electron chi connectivity index (χ1n) is 5.32. The minimum atomic E-state index is -1.14. The fraction of sp³-hybridized carbons (Fsp3) is 0.600. The van der Waals surface area contributed by atoms with Crippen LogP contribution in [0.15, 0.2) is 12.5 Å². The summed E-state index contributed by atoms with van der Waals surface area (Å²) in [6, 6.07) is 0. The molecule has 1 heterocycles. The van der Waals surface area contributed by atoms with E-state index in [0.29, 0.717) is 6.54 Å². The van der Waals surface area contributed by atoms with Gasteiger partial charge in [0.25, 0.3) is 0 Å². The largest absolute Gasteiger partial charge is 0.382 e. The van der Waals surface area contributed by atoms with Gasteiger partial charge in [0.15, 0.2) is 0 Å². The van der Waals surface area contributed by atoms with Crippen LogP contribution in [0.5, 0.6) is 0 Å². The van der Waals surface area contributed by atoms with Gasteiger partial charge < -0.3 is 20.7 Å². The summed E-state index contributed by atoms with van der Waals surface area (Å²) in [6.45, 7) is 3.72. The van der Waals surface area contributed by atoms with Crippen molar-refractivity contribution in [2.24, 2.45) is 5.73 Å². The minimum absolute atomic E-state index is 0.159. The number of imidazole rings is 1. The van der Waals surface area contributed by atoms with Crippen molar-refractivity contribution in [3.05, 3.63) is 18.2 Å². The Morgan fingerprint density at radius 2 is 2.50 bits per heavy atom.